The van der Waals surface area contributed by atoms with E-state index in [0.717, 1.165) is 61.9 Å². The van der Waals surface area contributed by atoms with Gasteiger partial charge in [-0.3, -0.25) is 9.78 Å². The highest BCUT2D eigenvalue weighted by molar-refractivity contribution is 6.29. The Labute approximate surface area is 445 Å². The maximum Gasteiger partial charge on any atom is 0.373 e. The van der Waals surface area contributed by atoms with Crippen LogP contribution in [0.15, 0.2) is 152 Å². The van der Waals surface area contributed by atoms with Crippen LogP contribution in [0.5, 0.6) is 0 Å². The highest BCUT2D eigenvalue weighted by Crippen LogP contribution is 2.26. The van der Waals surface area contributed by atoms with Crippen molar-refractivity contribution < 1.29 is 28.7 Å². The van der Waals surface area contributed by atoms with Crippen LogP contribution >= 0.6 is 11.6 Å². The van der Waals surface area contributed by atoms with Crippen LogP contribution < -0.4 is 33.6 Å². The molecule has 0 aliphatic carbocycles. The van der Waals surface area contributed by atoms with Crippen molar-refractivity contribution in [1.29, 1.82) is 0 Å². The summed E-state index contributed by atoms with van der Waals surface area (Å²) >= 11 is 5.52. The standard InChI is InChI=1S/C30H27N5O.C11H12N4.C7H7NO2.C5H6ClN3.CO2.2CH4.2H2/c1-19-3-12-27-26(15-19)28(13-14-32-27)34-24-10-6-22(7-11-24)18-29(36)23-8-4-21(5-9-23)17-25-16-20(2)33-30(31)35-25;1-8-7-10(15-11(12)13-8)14-9-5-3-2-4-6-9;8-6-3-1-5(2-4-6)7(9)10;1-3-2-4(6)9-5(7)8-3;2-1-3;;;;/h3-16H,17-18H2,1-2H3,(H,32,34)(H2,31,33,35);2-7H,1H3,(H3,12,13,14,15);1-4H,8H2,(H,9,10);2H,1H3,(H2,7,8,9);;2*1H4;2*1H/i;;;;;;;1+1D;1+1. The summed E-state index contributed by atoms with van der Waals surface area (Å²) in [5, 5.41) is 16.5. The molecule has 0 spiro atoms. The Balaban J connectivity index is 0.000000594. The Morgan fingerprint density at radius 2 is 1.16 bits per heavy atom. The molecule has 0 aliphatic heterocycles. The predicted octanol–water partition coefficient (Wildman–Crippen LogP) is 11.3. The van der Waals surface area contributed by atoms with Crippen molar-refractivity contribution in [2.75, 3.05) is 33.6 Å². The molecule has 0 unspecified atom stereocenters. The number of ketones is 1. The molecule has 0 aliphatic rings. The van der Waals surface area contributed by atoms with E-state index >= 15 is 0 Å². The molecule has 0 fully saturated rings. The number of nitrogen functional groups attached to an aromatic ring is 4. The molecule has 11 N–H and O–H groups in total. The Hall–Kier alpha value is -9.64. The van der Waals surface area contributed by atoms with Crippen LogP contribution in [0.3, 0.4) is 0 Å². The molecule has 9 rings (SSSR count). The summed E-state index contributed by atoms with van der Waals surface area (Å²) < 4.78 is 10.0. The van der Waals surface area contributed by atoms with Crippen molar-refractivity contribution in [2.45, 2.75) is 55.4 Å². The molecule has 9 aromatic rings. The second kappa shape index (κ2) is 29.6. The first-order valence-electron chi connectivity index (χ1n) is 23.2. The fourth-order valence-electron chi connectivity index (χ4n) is 6.79. The van der Waals surface area contributed by atoms with Crippen LogP contribution in [-0.2, 0) is 22.4 Å². The second-order valence-electron chi connectivity index (χ2n) is 16.0. The second-order valence-corrected chi connectivity index (χ2v) is 16.4. The molecule has 0 saturated carbocycles. The first-order valence-corrected chi connectivity index (χ1v) is 22.6. The zero-order valence-electron chi connectivity index (χ0n) is 42.2. The zero-order valence-corrected chi connectivity index (χ0v) is 41.0. The van der Waals surface area contributed by atoms with Gasteiger partial charge < -0.3 is 38.7 Å². The molecule has 18 nitrogen and oxygen atoms in total. The average Bonchev–Trinajstić information content (AvgIpc) is 3.36. The van der Waals surface area contributed by atoms with Gasteiger partial charge in [-0.2, -0.15) is 14.6 Å². The van der Waals surface area contributed by atoms with Crippen molar-refractivity contribution in [1.82, 2.24) is 34.9 Å². The number of carboxylic acids is 1. The van der Waals surface area contributed by atoms with Gasteiger partial charge in [0.15, 0.2) is 5.78 Å². The molecule has 0 amide bonds. The summed E-state index contributed by atoms with van der Waals surface area (Å²) in [5.41, 5.74) is 33.9. The zero-order chi connectivity index (χ0) is 54.9. The van der Waals surface area contributed by atoms with E-state index in [9.17, 15) is 9.59 Å². The number of aromatic nitrogens is 7. The number of aromatic carboxylic acids is 1. The number of para-hydroxylation sites is 1. The molecule has 390 valence electrons. The first kappa shape index (κ1) is 57.9. The Bertz CT molecular complexity index is 3230. The van der Waals surface area contributed by atoms with Crippen LogP contribution in [0, 0.1) is 27.7 Å². The number of nitrogens with one attached hydrogen (secondary N) is 2. The van der Waals surface area contributed by atoms with Gasteiger partial charge in [0.25, 0.3) is 0 Å². The fraction of sp³-hybridized carbons (Fsp3) is 0.143. The highest BCUT2D eigenvalue weighted by atomic mass is 35.5. The number of nitrogens with two attached hydrogens (primary N) is 4. The molecular weight excluding hydrogens is 970 g/mol. The lowest BCUT2D eigenvalue weighted by Crippen LogP contribution is -2.04. The van der Waals surface area contributed by atoms with Crippen molar-refractivity contribution in [3.8, 4) is 0 Å². The Morgan fingerprint density at radius 1 is 0.613 bits per heavy atom. The fourth-order valence-corrected chi connectivity index (χ4v) is 7.03. The molecular formula is C56H64ClN13O5. The van der Waals surface area contributed by atoms with Crippen molar-refractivity contribution in [3.05, 3.63) is 208 Å². The van der Waals surface area contributed by atoms with E-state index in [2.05, 4.69) is 64.6 Å². The molecule has 4 heterocycles. The Morgan fingerprint density at radius 3 is 1.73 bits per heavy atom. The van der Waals surface area contributed by atoms with Crippen LogP contribution in [0.4, 0.5) is 46.4 Å². The van der Waals surface area contributed by atoms with Gasteiger partial charge in [-0.15, -0.1) is 0 Å². The lowest BCUT2D eigenvalue weighted by molar-refractivity contribution is -0.191. The van der Waals surface area contributed by atoms with Gasteiger partial charge in [0.1, 0.15) is 11.0 Å². The molecule has 75 heavy (non-hydrogen) atoms. The summed E-state index contributed by atoms with van der Waals surface area (Å²) in [6, 6.07) is 45.2. The van der Waals surface area contributed by atoms with Gasteiger partial charge in [0.2, 0.25) is 17.8 Å². The lowest BCUT2D eigenvalue weighted by atomic mass is 10.0. The first-order chi connectivity index (χ1) is 36.0. The summed E-state index contributed by atoms with van der Waals surface area (Å²) in [5.74, 6) is 0.655. The number of rotatable bonds is 10. The molecule has 5 aromatic carbocycles. The summed E-state index contributed by atoms with van der Waals surface area (Å²) in [6.07, 6.45) is 3.05. The average molecular weight is 1040 g/mol. The number of carbonyl (C=O) groups excluding carboxylic acids is 3. The number of carboxylic acid groups (broad SMARTS) is 1. The number of aryl methyl sites for hydroxylation is 4. The number of anilines is 8. The normalized spacial score (nSPS) is 9.83. The van der Waals surface area contributed by atoms with Gasteiger partial charge in [-0.05, 0) is 118 Å². The third-order valence-electron chi connectivity index (χ3n) is 10.00. The molecule has 0 saturated heterocycles. The maximum atomic E-state index is 12.9. The number of Topliss-reactive ketones (excluding diaryl/α,β-unsaturated/α-hetero) is 1. The summed E-state index contributed by atoms with van der Waals surface area (Å²) in [4.78, 5) is 67.8. The third kappa shape index (κ3) is 20.2. The number of halogens is 1. The van der Waals surface area contributed by atoms with Crippen LogP contribution in [0.25, 0.3) is 10.9 Å². The largest absolute Gasteiger partial charge is 0.478 e. The lowest BCUT2D eigenvalue weighted by Gasteiger charge is -2.11. The van der Waals surface area contributed by atoms with Gasteiger partial charge >= 0.3 is 12.1 Å². The SMILES string of the molecule is C.C.Cc1cc(Cl)nc(N)n1.Cc1cc(Nc2ccccc2)nc(N)n1.Cc1ccc2nccc(Nc3ccc(CC(=O)c4ccc(Cc5cc(C)nc(N)n5)cc4)cc3)c2c1.Nc1ccc(C(=O)O)cc1.O=C=O.[2HH].[2H][2H]. The smallest absolute Gasteiger partial charge is 0.373 e. The van der Waals surface area contributed by atoms with Crippen molar-refractivity contribution >= 4 is 86.8 Å². The molecule has 0 bridgehead atoms. The minimum absolute atomic E-state index is 0. The van der Waals surface area contributed by atoms with E-state index in [4.69, 9.17) is 52.2 Å². The van der Waals surface area contributed by atoms with Gasteiger partial charge in [0, 0.05) is 80.3 Å². The minimum Gasteiger partial charge on any atom is -0.478 e. The van der Waals surface area contributed by atoms with Gasteiger partial charge in [0.05, 0.1) is 16.8 Å². The van der Waals surface area contributed by atoms with Crippen molar-refractivity contribution in [3.63, 3.8) is 0 Å². The molecule has 19 heteroatoms. The van der Waals surface area contributed by atoms with E-state index in [1.165, 1.54) is 17.7 Å². The van der Waals surface area contributed by atoms with Crippen LogP contribution in [0.1, 0.15) is 79.4 Å². The Kier molecular flexibility index (Phi) is 22.9. The van der Waals surface area contributed by atoms with Gasteiger partial charge in [-0.25, -0.2) is 29.7 Å². The monoisotopic (exact) mass is 1040 g/mol. The van der Waals surface area contributed by atoms with Crippen LogP contribution in [-0.4, -0.2) is 57.9 Å². The van der Waals surface area contributed by atoms with E-state index < -0.39 is 5.97 Å². The topological polar surface area (TPSA) is 307 Å². The van der Waals surface area contributed by atoms with E-state index in [1.54, 1.807) is 18.2 Å². The van der Waals surface area contributed by atoms with Crippen molar-refractivity contribution in [2.24, 2.45) is 0 Å². The predicted molar refractivity (Wildman–Crippen MR) is 302 cm³/mol. The number of nitrogens with zero attached hydrogens (tertiary/aromatic N) is 7. The summed E-state index contributed by atoms with van der Waals surface area (Å²) in [7, 11) is 0. The number of benzene rings is 5. The van der Waals surface area contributed by atoms with Crippen LogP contribution in [0.2, 0.25) is 5.15 Å². The number of fused-ring (bicyclic) bond motifs is 1. The molecule has 0 radical (unpaired) electrons. The van der Waals surface area contributed by atoms with E-state index in [-0.39, 0.29) is 51.6 Å². The van der Waals surface area contributed by atoms with Gasteiger partial charge in [-0.1, -0.05) is 92.7 Å². The van der Waals surface area contributed by atoms with E-state index in [0.29, 0.717) is 35.1 Å². The van der Waals surface area contributed by atoms with E-state index in [1.807, 2.05) is 130 Å². The number of hydrogen-bond donors (Lipinski definition) is 7. The maximum absolute atomic E-state index is 12.9. The summed E-state index contributed by atoms with van der Waals surface area (Å²) in [6.45, 7) is 7.66. The number of carbonyl (C=O) groups is 2. The number of pyridine rings is 1. The third-order valence-corrected chi connectivity index (χ3v) is 10.2. The minimum atomic E-state index is -0.931. The highest BCUT2D eigenvalue weighted by Gasteiger charge is 2.10. The quantitative estimate of drug-likeness (QED) is 0.0380. The molecule has 0 atom stereocenters. The number of hydrogen-bond acceptors (Lipinski definition) is 17. The molecule has 4 aromatic heterocycles.